The van der Waals surface area contributed by atoms with Gasteiger partial charge in [0.2, 0.25) is 11.8 Å². The number of hydrogen-bond donors (Lipinski definition) is 1. The zero-order valence-electron chi connectivity index (χ0n) is 12.0. The summed E-state index contributed by atoms with van der Waals surface area (Å²) in [7, 11) is 1.61. The second-order valence-corrected chi connectivity index (χ2v) is 4.56. The van der Waals surface area contributed by atoms with E-state index in [1.807, 2.05) is 0 Å². The SMILES string of the molecule is CCC1C(=O)NC(=O)N(CCCCOCCOC)C1=O. The van der Waals surface area contributed by atoms with E-state index < -0.39 is 23.8 Å². The minimum absolute atomic E-state index is 0.308. The molecule has 0 bridgehead atoms. The van der Waals surface area contributed by atoms with E-state index in [9.17, 15) is 14.4 Å². The molecule has 7 nitrogen and oxygen atoms in total. The molecule has 0 aromatic heterocycles. The van der Waals surface area contributed by atoms with Crippen LogP contribution in [0, 0.1) is 5.92 Å². The highest BCUT2D eigenvalue weighted by Gasteiger charge is 2.38. The molecule has 0 aromatic rings. The lowest BCUT2D eigenvalue weighted by Crippen LogP contribution is -2.57. The van der Waals surface area contributed by atoms with Crippen LogP contribution < -0.4 is 5.32 Å². The Labute approximate surface area is 118 Å². The van der Waals surface area contributed by atoms with Gasteiger partial charge in [-0.25, -0.2) is 4.79 Å². The Bertz CT molecular complexity index is 359. The molecule has 0 aliphatic carbocycles. The first-order valence-electron chi connectivity index (χ1n) is 6.84. The van der Waals surface area contributed by atoms with Gasteiger partial charge < -0.3 is 9.47 Å². The van der Waals surface area contributed by atoms with Gasteiger partial charge in [-0.15, -0.1) is 0 Å². The number of carbonyl (C=O) groups is 3. The van der Waals surface area contributed by atoms with Crippen LogP contribution in [0.25, 0.3) is 0 Å². The summed E-state index contributed by atoms with van der Waals surface area (Å²) >= 11 is 0. The van der Waals surface area contributed by atoms with Crippen molar-refractivity contribution in [3.05, 3.63) is 0 Å². The highest BCUT2D eigenvalue weighted by molar-refractivity contribution is 6.16. The predicted octanol–water partition coefficient (Wildman–Crippen LogP) is 0.534. The summed E-state index contributed by atoms with van der Waals surface area (Å²) in [6.07, 6.45) is 1.79. The average Bonchev–Trinajstić information content (AvgIpc) is 2.41. The summed E-state index contributed by atoms with van der Waals surface area (Å²) in [6, 6.07) is -0.620. The lowest BCUT2D eigenvalue weighted by molar-refractivity contribution is -0.142. The second-order valence-electron chi connectivity index (χ2n) is 4.56. The molecular formula is C13H22N2O5. The van der Waals surface area contributed by atoms with Gasteiger partial charge in [0.05, 0.1) is 13.2 Å². The molecule has 20 heavy (non-hydrogen) atoms. The van der Waals surface area contributed by atoms with Crippen LogP contribution in [0.3, 0.4) is 0 Å². The maximum absolute atomic E-state index is 12.0. The largest absolute Gasteiger partial charge is 0.382 e. The highest BCUT2D eigenvalue weighted by atomic mass is 16.5. The molecule has 1 aliphatic rings. The molecule has 0 saturated carbocycles. The number of urea groups is 1. The summed E-state index contributed by atoms with van der Waals surface area (Å²) < 4.78 is 10.1. The monoisotopic (exact) mass is 286 g/mol. The van der Waals surface area contributed by atoms with Crippen molar-refractivity contribution in [1.29, 1.82) is 0 Å². The van der Waals surface area contributed by atoms with Crippen LogP contribution in [0.4, 0.5) is 4.79 Å². The zero-order valence-corrected chi connectivity index (χ0v) is 12.0. The van der Waals surface area contributed by atoms with Crippen molar-refractivity contribution in [3.63, 3.8) is 0 Å². The summed E-state index contributed by atoms with van der Waals surface area (Å²) in [4.78, 5) is 36.2. The van der Waals surface area contributed by atoms with Gasteiger partial charge in [0.15, 0.2) is 0 Å². The van der Waals surface area contributed by atoms with E-state index in [1.165, 1.54) is 0 Å². The molecule has 1 fully saturated rings. The zero-order chi connectivity index (χ0) is 15.0. The molecule has 1 atom stereocenters. The fourth-order valence-electron chi connectivity index (χ4n) is 1.95. The fraction of sp³-hybridized carbons (Fsp3) is 0.769. The Morgan fingerprint density at radius 3 is 2.55 bits per heavy atom. The van der Waals surface area contributed by atoms with Crippen LogP contribution in [0.5, 0.6) is 0 Å². The van der Waals surface area contributed by atoms with Gasteiger partial charge in [-0.05, 0) is 19.3 Å². The molecule has 7 heteroatoms. The Balaban J connectivity index is 2.29. The normalized spacial score (nSPS) is 19.4. The van der Waals surface area contributed by atoms with E-state index in [2.05, 4.69) is 5.32 Å². The molecule has 1 unspecified atom stereocenters. The van der Waals surface area contributed by atoms with Crippen molar-refractivity contribution in [2.75, 3.05) is 33.5 Å². The van der Waals surface area contributed by atoms with Crippen molar-refractivity contribution < 1.29 is 23.9 Å². The molecule has 1 aliphatic heterocycles. The van der Waals surface area contributed by atoms with Crippen LogP contribution in [0.2, 0.25) is 0 Å². The number of carbonyl (C=O) groups excluding carboxylic acids is 3. The topological polar surface area (TPSA) is 84.9 Å². The number of hydrogen-bond acceptors (Lipinski definition) is 5. The molecule has 114 valence electrons. The first-order valence-corrected chi connectivity index (χ1v) is 6.84. The molecular weight excluding hydrogens is 264 g/mol. The van der Waals surface area contributed by atoms with Crippen molar-refractivity contribution in [2.24, 2.45) is 5.92 Å². The van der Waals surface area contributed by atoms with Crippen molar-refractivity contribution in [2.45, 2.75) is 26.2 Å². The molecule has 0 spiro atoms. The average molecular weight is 286 g/mol. The van der Waals surface area contributed by atoms with Gasteiger partial charge in [0, 0.05) is 20.3 Å². The standard InChI is InChI=1S/C13H22N2O5/c1-3-10-11(16)14-13(18)15(12(10)17)6-4-5-7-20-9-8-19-2/h10H,3-9H2,1-2H3,(H,14,16,18). The van der Waals surface area contributed by atoms with Crippen LogP contribution in [0.1, 0.15) is 26.2 Å². The molecule has 1 rings (SSSR count). The quantitative estimate of drug-likeness (QED) is 0.494. The fourth-order valence-corrected chi connectivity index (χ4v) is 1.95. The van der Waals surface area contributed by atoms with Gasteiger partial charge >= 0.3 is 6.03 Å². The number of ether oxygens (including phenoxy) is 2. The van der Waals surface area contributed by atoms with Gasteiger partial charge in [0.1, 0.15) is 5.92 Å². The van der Waals surface area contributed by atoms with E-state index in [0.29, 0.717) is 39.2 Å². The number of imide groups is 2. The maximum Gasteiger partial charge on any atom is 0.330 e. The number of nitrogens with zero attached hydrogens (tertiary/aromatic N) is 1. The van der Waals surface area contributed by atoms with E-state index >= 15 is 0 Å². The van der Waals surface area contributed by atoms with Crippen LogP contribution in [-0.4, -0.2) is 56.2 Å². The number of barbiturate groups is 1. The highest BCUT2D eigenvalue weighted by Crippen LogP contribution is 2.14. The minimum Gasteiger partial charge on any atom is -0.382 e. The first-order chi connectivity index (χ1) is 9.61. The minimum atomic E-state index is -0.745. The number of amides is 4. The van der Waals surface area contributed by atoms with E-state index in [0.717, 1.165) is 11.3 Å². The predicted molar refractivity (Wildman–Crippen MR) is 71.0 cm³/mol. The van der Waals surface area contributed by atoms with Crippen molar-refractivity contribution >= 4 is 17.8 Å². The number of unbranched alkanes of at least 4 members (excludes halogenated alkanes) is 1. The van der Waals surface area contributed by atoms with E-state index in [-0.39, 0.29) is 0 Å². The number of rotatable bonds is 9. The Morgan fingerprint density at radius 2 is 1.90 bits per heavy atom. The van der Waals surface area contributed by atoms with Crippen LogP contribution in [-0.2, 0) is 19.1 Å². The van der Waals surface area contributed by atoms with E-state index in [1.54, 1.807) is 14.0 Å². The molecule has 1 saturated heterocycles. The summed E-state index contributed by atoms with van der Waals surface area (Å²) in [5.74, 6) is -1.64. The molecule has 0 aromatic carbocycles. The third-order valence-electron chi connectivity index (χ3n) is 3.12. The van der Waals surface area contributed by atoms with Gasteiger partial charge in [-0.3, -0.25) is 19.8 Å². The maximum atomic E-state index is 12.0. The van der Waals surface area contributed by atoms with Crippen molar-refractivity contribution in [1.82, 2.24) is 10.2 Å². The lowest BCUT2D eigenvalue weighted by atomic mass is 10.0. The summed E-state index contributed by atoms with van der Waals surface area (Å²) in [5, 5.41) is 2.21. The Kier molecular flexibility index (Phi) is 7.17. The number of methoxy groups -OCH3 is 1. The third kappa shape index (κ3) is 4.57. The van der Waals surface area contributed by atoms with Gasteiger partial charge in [-0.2, -0.15) is 0 Å². The summed E-state index contributed by atoms with van der Waals surface area (Å²) in [5.41, 5.74) is 0. The van der Waals surface area contributed by atoms with Gasteiger partial charge in [-0.1, -0.05) is 6.92 Å². The van der Waals surface area contributed by atoms with Crippen molar-refractivity contribution in [3.8, 4) is 0 Å². The van der Waals surface area contributed by atoms with E-state index in [4.69, 9.17) is 9.47 Å². The molecule has 4 amide bonds. The molecule has 0 radical (unpaired) electrons. The van der Waals surface area contributed by atoms with Crippen LogP contribution in [0.15, 0.2) is 0 Å². The smallest absolute Gasteiger partial charge is 0.330 e. The Hall–Kier alpha value is -1.47. The Morgan fingerprint density at radius 1 is 1.15 bits per heavy atom. The lowest BCUT2D eigenvalue weighted by Gasteiger charge is -2.29. The van der Waals surface area contributed by atoms with Gasteiger partial charge in [0.25, 0.3) is 0 Å². The third-order valence-corrected chi connectivity index (χ3v) is 3.12. The second kappa shape index (κ2) is 8.65. The first kappa shape index (κ1) is 16.6. The van der Waals surface area contributed by atoms with Crippen LogP contribution >= 0.6 is 0 Å². The number of nitrogens with one attached hydrogen (secondary N) is 1. The summed E-state index contributed by atoms with van der Waals surface area (Å²) in [6.45, 7) is 3.70. The molecule has 1 N–H and O–H groups in total. The molecule has 1 heterocycles.